The molecule has 1 aromatic heterocycles. The maximum absolute atomic E-state index is 11.9. The van der Waals surface area contributed by atoms with E-state index in [9.17, 15) is 4.79 Å². The highest BCUT2D eigenvalue weighted by Gasteiger charge is 2.13. The average molecular weight is 251 g/mol. The van der Waals surface area contributed by atoms with Crippen molar-refractivity contribution in [3.8, 4) is 0 Å². The van der Waals surface area contributed by atoms with Crippen LogP contribution in [0.5, 0.6) is 0 Å². The van der Waals surface area contributed by atoms with Gasteiger partial charge in [0, 0.05) is 24.4 Å². The molecule has 0 aliphatic heterocycles. The van der Waals surface area contributed by atoms with Gasteiger partial charge in [0.1, 0.15) is 0 Å². The molecule has 17 heavy (non-hydrogen) atoms. The lowest BCUT2D eigenvalue weighted by Crippen LogP contribution is -2.37. The van der Waals surface area contributed by atoms with E-state index in [1.807, 2.05) is 19.9 Å². The molecule has 1 atom stereocenters. The topological polar surface area (TPSA) is 68.0 Å². The standard InChI is InChI=1S/C12H17N3OS/c1-3-10(6-11(13)17)15-12(16)9-5-4-8(2)14-7-9/h4-5,7,10H,3,6H2,1-2H3,(H2,13,17)(H,15,16). The van der Waals surface area contributed by atoms with E-state index in [4.69, 9.17) is 18.0 Å². The largest absolute Gasteiger partial charge is 0.393 e. The van der Waals surface area contributed by atoms with Gasteiger partial charge in [0.2, 0.25) is 0 Å². The first-order chi connectivity index (χ1) is 8.02. The first-order valence-corrected chi connectivity index (χ1v) is 5.95. The predicted octanol–water partition coefficient (Wildman–Crippen LogP) is 1.57. The lowest BCUT2D eigenvalue weighted by molar-refractivity contribution is 0.0937. The molecule has 0 fully saturated rings. The number of carbonyl (C=O) groups is 1. The minimum absolute atomic E-state index is 0.0127. The second-order valence-corrected chi connectivity index (χ2v) is 4.46. The SMILES string of the molecule is CCC(CC(N)=S)NC(=O)c1ccc(C)nc1. The number of thiocarbonyl (C=S) groups is 1. The highest BCUT2D eigenvalue weighted by Crippen LogP contribution is 2.03. The molecule has 0 aromatic carbocycles. The first kappa shape index (κ1) is 13.6. The van der Waals surface area contributed by atoms with Gasteiger partial charge in [-0.15, -0.1) is 0 Å². The summed E-state index contributed by atoms with van der Waals surface area (Å²) in [6.07, 6.45) is 2.89. The zero-order valence-corrected chi connectivity index (χ0v) is 10.9. The van der Waals surface area contributed by atoms with Gasteiger partial charge in [0.25, 0.3) is 5.91 Å². The smallest absolute Gasteiger partial charge is 0.253 e. The van der Waals surface area contributed by atoms with Gasteiger partial charge in [-0.05, 0) is 25.5 Å². The van der Waals surface area contributed by atoms with Crippen LogP contribution in [0, 0.1) is 6.92 Å². The normalized spacial score (nSPS) is 11.9. The van der Waals surface area contributed by atoms with Gasteiger partial charge in [-0.2, -0.15) is 0 Å². The van der Waals surface area contributed by atoms with E-state index in [-0.39, 0.29) is 11.9 Å². The third-order valence-electron chi connectivity index (χ3n) is 2.45. The van der Waals surface area contributed by atoms with Gasteiger partial charge in [0.15, 0.2) is 0 Å². The molecule has 0 saturated carbocycles. The van der Waals surface area contributed by atoms with Gasteiger partial charge < -0.3 is 11.1 Å². The number of hydrogen-bond donors (Lipinski definition) is 2. The zero-order chi connectivity index (χ0) is 12.8. The second-order valence-electron chi connectivity index (χ2n) is 3.94. The van der Waals surface area contributed by atoms with Crippen molar-refractivity contribution in [2.75, 3.05) is 0 Å². The summed E-state index contributed by atoms with van der Waals surface area (Å²) in [7, 11) is 0. The maximum Gasteiger partial charge on any atom is 0.253 e. The van der Waals surface area contributed by atoms with Crippen LogP contribution >= 0.6 is 12.2 Å². The fraction of sp³-hybridized carbons (Fsp3) is 0.417. The number of nitrogens with two attached hydrogens (primary N) is 1. The molecule has 3 N–H and O–H groups in total. The summed E-state index contributed by atoms with van der Waals surface area (Å²) in [5.74, 6) is -0.138. The molecule has 4 nitrogen and oxygen atoms in total. The number of amides is 1. The van der Waals surface area contributed by atoms with Crippen LogP contribution in [0.25, 0.3) is 0 Å². The van der Waals surface area contributed by atoms with Crippen molar-refractivity contribution in [1.29, 1.82) is 0 Å². The highest BCUT2D eigenvalue weighted by atomic mass is 32.1. The fourth-order valence-electron chi connectivity index (χ4n) is 1.41. The van der Waals surface area contributed by atoms with Gasteiger partial charge in [-0.25, -0.2) is 0 Å². The lowest BCUT2D eigenvalue weighted by Gasteiger charge is -2.16. The summed E-state index contributed by atoms with van der Waals surface area (Å²) in [5, 5.41) is 2.89. The van der Waals surface area contributed by atoms with Crippen LogP contribution in [0.2, 0.25) is 0 Å². The number of nitrogens with one attached hydrogen (secondary N) is 1. The number of aromatic nitrogens is 1. The van der Waals surface area contributed by atoms with Gasteiger partial charge >= 0.3 is 0 Å². The van der Waals surface area contributed by atoms with Crippen molar-refractivity contribution in [3.05, 3.63) is 29.6 Å². The molecule has 0 aliphatic rings. The monoisotopic (exact) mass is 251 g/mol. The molecule has 1 amide bonds. The van der Waals surface area contributed by atoms with E-state index in [1.54, 1.807) is 12.3 Å². The van der Waals surface area contributed by atoms with E-state index in [1.165, 1.54) is 0 Å². The fourth-order valence-corrected chi connectivity index (χ4v) is 1.61. The van der Waals surface area contributed by atoms with E-state index >= 15 is 0 Å². The minimum Gasteiger partial charge on any atom is -0.393 e. The quantitative estimate of drug-likeness (QED) is 0.780. The Kier molecular flexibility index (Phi) is 5.03. The molecule has 0 aliphatic carbocycles. The van der Waals surface area contributed by atoms with Crippen molar-refractivity contribution in [2.45, 2.75) is 32.7 Å². The summed E-state index contributed by atoms with van der Waals surface area (Å²) < 4.78 is 0. The molecule has 1 heterocycles. The van der Waals surface area contributed by atoms with Gasteiger partial charge in [-0.1, -0.05) is 19.1 Å². The third-order valence-corrected chi connectivity index (χ3v) is 2.62. The van der Waals surface area contributed by atoms with Crippen LogP contribution < -0.4 is 11.1 Å². The predicted molar refractivity (Wildman–Crippen MR) is 71.9 cm³/mol. The van der Waals surface area contributed by atoms with Crippen molar-refractivity contribution in [3.63, 3.8) is 0 Å². The lowest BCUT2D eigenvalue weighted by atomic mass is 10.1. The van der Waals surface area contributed by atoms with Crippen LogP contribution in [0.4, 0.5) is 0 Å². The number of pyridine rings is 1. The van der Waals surface area contributed by atoms with Crippen molar-refractivity contribution in [1.82, 2.24) is 10.3 Å². The highest BCUT2D eigenvalue weighted by molar-refractivity contribution is 7.80. The molecule has 0 saturated heterocycles. The van der Waals surface area contributed by atoms with E-state index in [0.717, 1.165) is 12.1 Å². The van der Waals surface area contributed by atoms with Crippen molar-refractivity contribution >= 4 is 23.1 Å². The minimum atomic E-state index is -0.138. The van der Waals surface area contributed by atoms with Crippen LogP contribution in [0.3, 0.4) is 0 Å². The maximum atomic E-state index is 11.9. The average Bonchev–Trinajstić information content (AvgIpc) is 2.28. The number of carbonyl (C=O) groups excluding carboxylic acids is 1. The van der Waals surface area contributed by atoms with Crippen LogP contribution in [0.15, 0.2) is 18.3 Å². The summed E-state index contributed by atoms with van der Waals surface area (Å²) >= 11 is 4.84. The third kappa shape index (κ3) is 4.48. The van der Waals surface area contributed by atoms with Crippen LogP contribution in [0.1, 0.15) is 35.8 Å². The molecule has 0 bridgehead atoms. The van der Waals surface area contributed by atoms with E-state index < -0.39 is 0 Å². The second kappa shape index (κ2) is 6.30. The summed E-state index contributed by atoms with van der Waals surface area (Å²) in [6, 6.07) is 3.55. The molecular weight excluding hydrogens is 234 g/mol. The zero-order valence-electron chi connectivity index (χ0n) is 10.1. The summed E-state index contributed by atoms with van der Waals surface area (Å²) in [4.78, 5) is 16.4. The molecule has 0 spiro atoms. The van der Waals surface area contributed by atoms with Crippen LogP contribution in [-0.2, 0) is 0 Å². The Hall–Kier alpha value is -1.49. The Balaban J connectivity index is 2.64. The Bertz CT molecular complexity index is 403. The molecule has 5 heteroatoms. The van der Waals surface area contributed by atoms with Crippen LogP contribution in [-0.4, -0.2) is 21.9 Å². The molecule has 92 valence electrons. The summed E-state index contributed by atoms with van der Waals surface area (Å²) in [5.41, 5.74) is 6.91. The number of rotatable bonds is 5. The number of aryl methyl sites for hydroxylation is 1. The molecular formula is C12H17N3OS. The Morgan fingerprint density at radius 2 is 2.29 bits per heavy atom. The molecule has 1 aromatic rings. The molecule has 0 radical (unpaired) electrons. The van der Waals surface area contributed by atoms with E-state index in [2.05, 4.69) is 10.3 Å². The summed E-state index contributed by atoms with van der Waals surface area (Å²) in [6.45, 7) is 3.86. The van der Waals surface area contributed by atoms with Crippen molar-refractivity contribution in [2.24, 2.45) is 5.73 Å². The molecule has 1 unspecified atom stereocenters. The first-order valence-electron chi connectivity index (χ1n) is 5.54. The van der Waals surface area contributed by atoms with Gasteiger partial charge in [0.05, 0.1) is 10.6 Å². The molecule has 1 rings (SSSR count). The number of nitrogens with zero attached hydrogens (tertiary/aromatic N) is 1. The Morgan fingerprint density at radius 3 is 2.76 bits per heavy atom. The van der Waals surface area contributed by atoms with E-state index in [0.29, 0.717) is 17.0 Å². The Labute approximate surface area is 107 Å². The van der Waals surface area contributed by atoms with Gasteiger partial charge in [-0.3, -0.25) is 9.78 Å². The number of hydrogen-bond acceptors (Lipinski definition) is 3. The van der Waals surface area contributed by atoms with Crippen molar-refractivity contribution < 1.29 is 4.79 Å². The Morgan fingerprint density at radius 1 is 1.59 bits per heavy atom.